The maximum Gasteiger partial charge on any atom is 0.316 e. The minimum absolute atomic E-state index is 0.133. The van der Waals surface area contributed by atoms with E-state index in [0.29, 0.717) is 22.0 Å². The number of fused-ring (bicyclic) bond motifs is 1. The molecule has 1 aromatic carbocycles. The molecule has 5 nitrogen and oxygen atoms in total. The average molecular weight is 389 g/mol. The van der Waals surface area contributed by atoms with Crippen LogP contribution in [0.2, 0.25) is 0 Å². The first-order valence-electron chi connectivity index (χ1n) is 8.45. The van der Waals surface area contributed by atoms with Gasteiger partial charge in [0, 0.05) is 10.9 Å². The second kappa shape index (κ2) is 8.51. The predicted molar refractivity (Wildman–Crippen MR) is 107 cm³/mol. The third-order valence-corrected chi connectivity index (χ3v) is 5.59. The fourth-order valence-electron chi connectivity index (χ4n) is 2.44. The highest BCUT2D eigenvalue weighted by Crippen LogP contribution is 2.31. The fraction of sp³-hybridized carbons (Fsp3) is 0.316. The van der Waals surface area contributed by atoms with Crippen molar-refractivity contribution < 1.29 is 9.53 Å². The van der Waals surface area contributed by atoms with Crippen LogP contribution in [0.15, 0.2) is 39.6 Å². The molecule has 2 aromatic heterocycles. The summed E-state index contributed by atoms with van der Waals surface area (Å²) < 4.78 is 5.12. The number of nitrogens with one attached hydrogen (secondary N) is 1. The molecular weight excluding hydrogens is 368 g/mol. The van der Waals surface area contributed by atoms with Crippen LogP contribution in [0.4, 0.5) is 0 Å². The average Bonchev–Trinajstić information content (AvgIpc) is 3.05. The standard InChI is InChI=1S/C19H20N2O3S2/c1-3-4-9-24-15(22)11-26-19-20-17(23)16-14(10-25-18(16)21-19)13-7-5-12(2)6-8-13/h5-8,10H,3-4,9,11H2,1-2H3,(H,20,21,23). The molecule has 0 bridgehead atoms. The highest BCUT2D eigenvalue weighted by Gasteiger charge is 2.14. The van der Waals surface area contributed by atoms with Crippen LogP contribution in [0.1, 0.15) is 25.3 Å². The molecule has 136 valence electrons. The van der Waals surface area contributed by atoms with E-state index in [1.807, 2.05) is 43.5 Å². The number of aromatic nitrogens is 2. The molecule has 1 N–H and O–H groups in total. The molecule has 0 spiro atoms. The Labute approximate surface area is 159 Å². The van der Waals surface area contributed by atoms with Gasteiger partial charge in [-0.1, -0.05) is 54.9 Å². The summed E-state index contributed by atoms with van der Waals surface area (Å²) in [4.78, 5) is 32.2. The number of thiophene rings is 1. The Morgan fingerprint density at radius 1 is 1.31 bits per heavy atom. The topological polar surface area (TPSA) is 72.0 Å². The number of esters is 1. The summed E-state index contributed by atoms with van der Waals surface area (Å²) in [5, 5.41) is 2.98. The SMILES string of the molecule is CCCCOC(=O)CSc1nc2scc(-c3ccc(C)cc3)c2c(=O)[nH]1. The molecule has 3 aromatic rings. The van der Waals surface area contributed by atoms with Crippen LogP contribution in [-0.2, 0) is 9.53 Å². The molecule has 0 saturated carbocycles. The van der Waals surface area contributed by atoms with E-state index in [4.69, 9.17) is 4.74 Å². The molecule has 0 radical (unpaired) electrons. The number of benzene rings is 1. The Morgan fingerprint density at radius 2 is 2.08 bits per heavy atom. The van der Waals surface area contributed by atoms with E-state index in [2.05, 4.69) is 9.97 Å². The van der Waals surface area contributed by atoms with E-state index >= 15 is 0 Å². The molecule has 0 unspecified atom stereocenters. The third-order valence-electron chi connectivity index (χ3n) is 3.87. The van der Waals surface area contributed by atoms with Gasteiger partial charge in [0.15, 0.2) is 5.16 Å². The van der Waals surface area contributed by atoms with Gasteiger partial charge in [0.2, 0.25) is 0 Å². The predicted octanol–water partition coefficient (Wildman–Crippen LogP) is 4.40. The summed E-state index contributed by atoms with van der Waals surface area (Å²) in [6.07, 6.45) is 1.84. The minimum atomic E-state index is -0.294. The van der Waals surface area contributed by atoms with E-state index in [-0.39, 0.29) is 17.3 Å². The lowest BCUT2D eigenvalue weighted by Crippen LogP contribution is -2.11. The van der Waals surface area contributed by atoms with Crippen LogP contribution in [0.3, 0.4) is 0 Å². The van der Waals surface area contributed by atoms with Gasteiger partial charge in [-0.15, -0.1) is 11.3 Å². The van der Waals surface area contributed by atoms with Gasteiger partial charge in [-0.2, -0.15) is 0 Å². The molecule has 0 aliphatic carbocycles. The van der Waals surface area contributed by atoms with Crippen LogP contribution >= 0.6 is 23.1 Å². The number of thioether (sulfide) groups is 1. The van der Waals surface area contributed by atoms with Crippen molar-refractivity contribution in [3.63, 3.8) is 0 Å². The number of carbonyl (C=O) groups excluding carboxylic acids is 1. The van der Waals surface area contributed by atoms with Crippen LogP contribution < -0.4 is 5.56 Å². The molecule has 0 amide bonds. The first-order chi connectivity index (χ1) is 12.6. The molecule has 0 aliphatic heterocycles. The van der Waals surface area contributed by atoms with Crippen molar-refractivity contribution in [2.45, 2.75) is 31.8 Å². The quantitative estimate of drug-likeness (QED) is 0.281. The van der Waals surface area contributed by atoms with Crippen LogP contribution in [0.5, 0.6) is 0 Å². The van der Waals surface area contributed by atoms with Crippen molar-refractivity contribution >= 4 is 39.3 Å². The number of nitrogens with zero attached hydrogens (tertiary/aromatic N) is 1. The molecule has 2 heterocycles. The molecule has 0 saturated heterocycles. The van der Waals surface area contributed by atoms with Crippen molar-refractivity contribution in [3.05, 3.63) is 45.6 Å². The number of aromatic amines is 1. The number of carbonyl (C=O) groups is 1. The molecule has 0 aliphatic rings. The Balaban J connectivity index is 1.78. The Hall–Kier alpha value is -2.12. The second-order valence-electron chi connectivity index (χ2n) is 5.93. The zero-order valence-electron chi connectivity index (χ0n) is 14.7. The summed E-state index contributed by atoms with van der Waals surface area (Å²) in [5.74, 6) is -0.160. The fourth-order valence-corrected chi connectivity index (χ4v) is 4.11. The maximum atomic E-state index is 12.6. The largest absolute Gasteiger partial charge is 0.465 e. The van der Waals surface area contributed by atoms with E-state index in [1.54, 1.807) is 0 Å². The van der Waals surface area contributed by atoms with E-state index < -0.39 is 0 Å². The summed E-state index contributed by atoms with van der Waals surface area (Å²) >= 11 is 2.62. The zero-order chi connectivity index (χ0) is 18.5. The van der Waals surface area contributed by atoms with Gasteiger partial charge in [-0.05, 0) is 18.9 Å². The van der Waals surface area contributed by atoms with Crippen molar-refractivity contribution in [2.75, 3.05) is 12.4 Å². The van der Waals surface area contributed by atoms with Gasteiger partial charge in [0.25, 0.3) is 5.56 Å². The molecule has 26 heavy (non-hydrogen) atoms. The number of hydrogen-bond acceptors (Lipinski definition) is 6. The first-order valence-corrected chi connectivity index (χ1v) is 10.3. The van der Waals surface area contributed by atoms with E-state index in [9.17, 15) is 9.59 Å². The third kappa shape index (κ3) is 4.34. The highest BCUT2D eigenvalue weighted by molar-refractivity contribution is 7.99. The van der Waals surface area contributed by atoms with E-state index in [1.165, 1.54) is 28.7 Å². The maximum absolute atomic E-state index is 12.6. The molecule has 7 heteroatoms. The van der Waals surface area contributed by atoms with Crippen molar-refractivity contribution in [3.8, 4) is 11.1 Å². The zero-order valence-corrected chi connectivity index (χ0v) is 16.3. The van der Waals surface area contributed by atoms with Crippen molar-refractivity contribution in [2.24, 2.45) is 0 Å². The van der Waals surface area contributed by atoms with Crippen molar-refractivity contribution in [1.29, 1.82) is 0 Å². The molecule has 0 atom stereocenters. The Bertz CT molecular complexity index is 961. The van der Waals surface area contributed by atoms with Gasteiger partial charge in [0.05, 0.1) is 17.7 Å². The summed E-state index contributed by atoms with van der Waals surface area (Å²) in [6, 6.07) is 8.06. The van der Waals surface area contributed by atoms with Crippen LogP contribution in [-0.4, -0.2) is 28.3 Å². The van der Waals surface area contributed by atoms with E-state index in [0.717, 1.165) is 24.0 Å². The van der Waals surface area contributed by atoms with Gasteiger partial charge in [0.1, 0.15) is 4.83 Å². The van der Waals surface area contributed by atoms with Gasteiger partial charge in [-0.3, -0.25) is 9.59 Å². The van der Waals surface area contributed by atoms with Gasteiger partial charge in [-0.25, -0.2) is 4.98 Å². The summed E-state index contributed by atoms with van der Waals surface area (Å²) in [7, 11) is 0. The Kier molecular flexibility index (Phi) is 6.11. The molecule has 3 rings (SSSR count). The minimum Gasteiger partial charge on any atom is -0.465 e. The molecule has 0 fully saturated rings. The summed E-state index contributed by atoms with van der Waals surface area (Å²) in [5.41, 5.74) is 2.86. The number of unbranched alkanes of at least 4 members (excludes halogenated alkanes) is 1. The first kappa shape index (κ1) is 18.7. The Morgan fingerprint density at radius 3 is 2.81 bits per heavy atom. The van der Waals surface area contributed by atoms with Crippen LogP contribution in [0.25, 0.3) is 21.3 Å². The smallest absolute Gasteiger partial charge is 0.316 e. The highest BCUT2D eigenvalue weighted by atomic mass is 32.2. The van der Waals surface area contributed by atoms with Gasteiger partial charge >= 0.3 is 5.97 Å². The lowest BCUT2D eigenvalue weighted by atomic mass is 10.1. The monoisotopic (exact) mass is 388 g/mol. The van der Waals surface area contributed by atoms with Crippen molar-refractivity contribution in [1.82, 2.24) is 9.97 Å². The van der Waals surface area contributed by atoms with Crippen LogP contribution in [0, 0.1) is 6.92 Å². The van der Waals surface area contributed by atoms with Gasteiger partial charge < -0.3 is 9.72 Å². The normalized spacial score (nSPS) is 11.0. The number of aryl methyl sites for hydroxylation is 1. The summed E-state index contributed by atoms with van der Waals surface area (Å²) in [6.45, 7) is 4.50. The lowest BCUT2D eigenvalue weighted by Gasteiger charge is -2.04. The number of ether oxygens (including phenoxy) is 1. The number of hydrogen-bond donors (Lipinski definition) is 1. The number of rotatable bonds is 7. The number of H-pyrrole nitrogens is 1. The second-order valence-corrected chi connectivity index (χ2v) is 7.75. The molecular formula is C19H20N2O3S2. The lowest BCUT2D eigenvalue weighted by molar-refractivity contribution is -0.140.